The summed E-state index contributed by atoms with van der Waals surface area (Å²) in [6, 6.07) is 12.9. The molecule has 1 N–H and O–H groups in total. The van der Waals surface area contributed by atoms with Crippen molar-refractivity contribution in [3.63, 3.8) is 0 Å². The molecule has 9 heteroatoms. The molecule has 3 aromatic rings. The van der Waals surface area contributed by atoms with Crippen LogP contribution >= 0.6 is 31.9 Å². The fraction of sp³-hybridized carbons (Fsp3) is 0.393. The van der Waals surface area contributed by atoms with Crippen LogP contribution in [0.25, 0.3) is 11.0 Å². The number of alkyl carbamates (subject to hydrolysis) is 1. The second kappa shape index (κ2) is 14.3. The van der Waals surface area contributed by atoms with Gasteiger partial charge in [0.15, 0.2) is 0 Å². The van der Waals surface area contributed by atoms with Crippen LogP contribution in [0, 0.1) is 13.8 Å². The maximum atomic E-state index is 12.7. The van der Waals surface area contributed by atoms with Crippen LogP contribution in [0.3, 0.4) is 0 Å². The maximum absolute atomic E-state index is 12.7. The monoisotopic (exact) mass is 635 g/mol. The number of ether oxygens (including phenoxy) is 2. The highest BCUT2D eigenvalue weighted by Crippen LogP contribution is 2.34. The number of unbranched alkanes of at least 4 members (excludes halogenated alkanes) is 2. The highest BCUT2D eigenvalue weighted by Gasteiger charge is 2.20. The molecule has 0 saturated heterocycles. The van der Waals surface area contributed by atoms with E-state index in [1.54, 1.807) is 6.92 Å². The lowest BCUT2D eigenvalue weighted by atomic mass is 9.99. The summed E-state index contributed by atoms with van der Waals surface area (Å²) in [6.45, 7) is 4.36. The number of hydrogen-bond acceptors (Lipinski definition) is 6. The van der Waals surface area contributed by atoms with Crippen molar-refractivity contribution in [2.75, 3.05) is 11.9 Å². The average Bonchev–Trinajstić information content (AvgIpc) is 2.88. The minimum atomic E-state index is -0.460. The third-order valence-corrected chi connectivity index (χ3v) is 8.16. The van der Waals surface area contributed by atoms with Gasteiger partial charge in [-0.05, 0) is 55.9 Å². The first-order valence-corrected chi connectivity index (χ1v) is 14.2. The fourth-order valence-electron chi connectivity index (χ4n) is 3.95. The van der Waals surface area contributed by atoms with Gasteiger partial charge in [-0.1, -0.05) is 68.6 Å². The molecule has 1 aromatic heterocycles. The van der Waals surface area contributed by atoms with Gasteiger partial charge in [-0.2, -0.15) is 0 Å². The van der Waals surface area contributed by atoms with Gasteiger partial charge in [-0.3, -0.25) is 4.79 Å². The van der Waals surface area contributed by atoms with E-state index in [1.165, 1.54) is 6.07 Å². The molecule has 0 aliphatic rings. The topological polar surface area (TPSA) is 94.8 Å². The van der Waals surface area contributed by atoms with Gasteiger partial charge in [-0.25, -0.2) is 9.59 Å². The third-order valence-electron chi connectivity index (χ3n) is 5.86. The van der Waals surface area contributed by atoms with E-state index in [0.29, 0.717) is 36.3 Å². The van der Waals surface area contributed by atoms with Crippen LogP contribution in [0.2, 0.25) is 0 Å². The van der Waals surface area contributed by atoms with E-state index in [4.69, 9.17) is 13.9 Å². The number of carbonyl (C=O) groups is 2. The maximum Gasteiger partial charge on any atom is 0.407 e. The zero-order chi connectivity index (χ0) is 26.8. The van der Waals surface area contributed by atoms with E-state index >= 15 is 0 Å². The van der Waals surface area contributed by atoms with Crippen LogP contribution in [0.15, 0.2) is 51.7 Å². The molecule has 7 nitrogen and oxygen atoms in total. The number of aryl methyl sites for hydroxylation is 2. The Balaban J connectivity index is 1.51. The molecule has 2 aromatic carbocycles. The Hall–Kier alpha value is -2.65. The van der Waals surface area contributed by atoms with Crippen molar-refractivity contribution < 1.29 is 23.5 Å². The first-order chi connectivity index (χ1) is 17.8. The van der Waals surface area contributed by atoms with Gasteiger partial charge < -0.3 is 19.2 Å². The summed E-state index contributed by atoms with van der Waals surface area (Å²) in [5.74, 6) is 0.0957. The van der Waals surface area contributed by atoms with Crippen LogP contribution in [-0.2, 0) is 22.6 Å². The lowest BCUT2D eigenvalue weighted by Gasteiger charge is -2.17. The van der Waals surface area contributed by atoms with E-state index in [2.05, 4.69) is 37.2 Å². The molecule has 3 rings (SSSR count). The smallest absolute Gasteiger partial charge is 0.407 e. The number of nitrogens with one attached hydrogen (secondary N) is 1. The molecule has 0 saturated carbocycles. The van der Waals surface area contributed by atoms with Gasteiger partial charge in [-0.15, -0.1) is 0 Å². The molecule has 198 valence electrons. The van der Waals surface area contributed by atoms with Gasteiger partial charge in [0, 0.05) is 40.1 Å². The largest absolute Gasteiger partial charge is 0.445 e. The molecule has 1 atom stereocenters. The average molecular weight is 637 g/mol. The molecule has 0 aliphatic carbocycles. The Labute approximate surface area is 233 Å². The van der Waals surface area contributed by atoms with Crippen molar-refractivity contribution in [1.82, 2.24) is 5.32 Å². The van der Waals surface area contributed by atoms with E-state index in [-0.39, 0.29) is 23.8 Å². The molecule has 0 aliphatic heterocycles. The summed E-state index contributed by atoms with van der Waals surface area (Å²) in [6.07, 6.45) is 2.50. The molecule has 1 heterocycles. The number of carbonyl (C=O) groups excluding carboxylic acids is 2. The minimum absolute atomic E-state index is 0.143. The van der Waals surface area contributed by atoms with E-state index in [9.17, 15) is 14.4 Å². The first kappa shape index (κ1) is 28.9. The molecule has 0 spiro atoms. The number of rotatable bonds is 12. The summed E-state index contributed by atoms with van der Waals surface area (Å²) >= 11 is 7.11. The summed E-state index contributed by atoms with van der Waals surface area (Å²) < 4.78 is 16.4. The van der Waals surface area contributed by atoms with Crippen molar-refractivity contribution in [1.29, 1.82) is 0 Å². The first-order valence-electron chi connectivity index (χ1n) is 12.2. The van der Waals surface area contributed by atoms with Crippen molar-refractivity contribution >= 4 is 54.9 Å². The Morgan fingerprint density at radius 2 is 1.84 bits per heavy atom. The van der Waals surface area contributed by atoms with E-state index < -0.39 is 11.7 Å². The van der Waals surface area contributed by atoms with Crippen LogP contribution < -0.4 is 15.7 Å². The zero-order valence-electron chi connectivity index (χ0n) is 21.0. The van der Waals surface area contributed by atoms with Crippen molar-refractivity contribution in [3.8, 4) is 5.75 Å². The van der Waals surface area contributed by atoms with Crippen LogP contribution in [0.5, 0.6) is 5.75 Å². The molecular weight excluding hydrogens is 606 g/mol. The highest BCUT2D eigenvalue weighted by atomic mass is 79.9. The lowest BCUT2D eigenvalue weighted by molar-refractivity contribution is -0.134. The summed E-state index contributed by atoms with van der Waals surface area (Å²) in [5, 5.41) is 4.28. The second-order valence-electron chi connectivity index (χ2n) is 8.84. The Morgan fingerprint density at radius 1 is 1.08 bits per heavy atom. The van der Waals surface area contributed by atoms with Gasteiger partial charge in [0.05, 0.1) is 0 Å². The van der Waals surface area contributed by atoms with Crippen molar-refractivity contribution in [2.24, 2.45) is 0 Å². The van der Waals surface area contributed by atoms with Crippen LogP contribution in [-0.4, -0.2) is 28.8 Å². The summed E-state index contributed by atoms with van der Waals surface area (Å²) in [7, 11) is 0. The summed E-state index contributed by atoms with van der Waals surface area (Å²) in [4.78, 5) is 36.6. The van der Waals surface area contributed by atoms with Crippen molar-refractivity contribution in [2.45, 2.75) is 57.4 Å². The number of alkyl halides is 2. The quantitative estimate of drug-likeness (QED) is 0.0801. The van der Waals surface area contributed by atoms with Gasteiger partial charge in [0.25, 0.3) is 0 Å². The summed E-state index contributed by atoms with van der Waals surface area (Å²) in [5.41, 5.74) is 3.25. The Bertz CT molecular complexity index is 1280. The van der Waals surface area contributed by atoms with Crippen LogP contribution in [0.1, 0.15) is 47.9 Å². The Kier molecular flexibility index (Phi) is 11.2. The molecule has 1 amide bonds. The standard InChI is InChI=1S/C28H31Br2NO6/c1-18-13-25(33)37-27-19(2)26(21(15-23(18)27)14-22(30)16-29)36-24(32)11-7-4-8-12-31-28(34)35-17-20-9-5-3-6-10-20/h3,5-6,9-10,13,15,22H,4,7-8,11-12,14,16-17H2,1-2H3,(H,31,34). The number of amides is 1. The molecule has 0 radical (unpaired) electrons. The number of esters is 1. The highest BCUT2D eigenvalue weighted by molar-refractivity contribution is 9.12. The zero-order valence-corrected chi connectivity index (χ0v) is 24.2. The van der Waals surface area contributed by atoms with Gasteiger partial charge >= 0.3 is 17.7 Å². The Morgan fingerprint density at radius 3 is 2.57 bits per heavy atom. The number of benzene rings is 2. The predicted octanol–water partition coefficient (Wildman–Crippen LogP) is 6.50. The molecule has 0 fully saturated rings. The predicted molar refractivity (Wildman–Crippen MR) is 151 cm³/mol. The normalized spacial score (nSPS) is 11.8. The molecular formula is C28H31Br2NO6. The van der Waals surface area contributed by atoms with Crippen LogP contribution in [0.4, 0.5) is 4.79 Å². The molecule has 37 heavy (non-hydrogen) atoms. The molecule has 1 unspecified atom stereocenters. The SMILES string of the molecule is Cc1cc(=O)oc2c(C)c(OC(=O)CCCCCNC(=O)OCc3ccccc3)c(CC(Br)CBr)cc12. The van der Waals surface area contributed by atoms with Crippen molar-refractivity contribution in [3.05, 3.63) is 75.1 Å². The fourth-order valence-corrected chi connectivity index (χ4v) is 4.53. The third kappa shape index (κ3) is 8.71. The van der Waals surface area contributed by atoms with E-state index in [1.807, 2.05) is 43.3 Å². The minimum Gasteiger partial charge on any atom is -0.445 e. The second-order valence-corrected chi connectivity index (χ2v) is 10.8. The number of hydrogen-bond donors (Lipinski definition) is 1. The van der Waals surface area contributed by atoms with E-state index in [0.717, 1.165) is 40.2 Å². The number of fused-ring (bicyclic) bond motifs is 1. The van der Waals surface area contributed by atoms with Gasteiger partial charge in [0.2, 0.25) is 0 Å². The lowest BCUT2D eigenvalue weighted by Crippen LogP contribution is -2.25. The molecule has 0 bridgehead atoms. The van der Waals surface area contributed by atoms with Gasteiger partial charge in [0.1, 0.15) is 17.9 Å². The number of halogens is 2.